The van der Waals surface area contributed by atoms with E-state index in [1.54, 1.807) is 6.20 Å². The molecule has 2 heterocycles. The van der Waals surface area contributed by atoms with E-state index < -0.39 is 0 Å². The number of nitrogens with one attached hydrogen (secondary N) is 1. The van der Waals surface area contributed by atoms with Crippen molar-refractivity contribution in [3.63, 3.8) is 0 Å². The number of aliphatic hydroxyl groups excluding tert-OH is 1. The van der Waals surface area contributed by atoms with Gasteiger partial charge in [0.2, 0.25) is 0 Å². The second-order valence-corrected chi connectivity index (χ2v) is 5.06. The standard InChI is InChI=1S/C13H20ClN3O/c14-13-11(3-1-6-16-13)9-17(7-8-18)10-12-4-2-5-15-12/h1,3,6,12,15,18H,2,4-5,7-10H2. The zero-order valence-corrected chi connectivity index (χ0v) is 11.2. The van der Waals surface area contributed by atoms with Crippen molar-refractivity contribution >= 4 is 11.6 Å². The van der Waals surface area contributed by atoms with E-state index >= 15 is 0 Å². The number of rotatable bonds is 6. The topological polar surface area (TPSA) is 48.4 Å². The molecule has 1 fully saturated rings. The molecule has 1 saturated heterocycles. The molecule has 18 heavy (non-hydrogen) atoms. The lowest BCUT2D eigenvalue weighted by atomic mass is 10.2. The van der Waals surface area contributed by atoms with E-state index in [1.165, 1.54) is 12.8 Å². The highest BCUT2D eigenvalue weighted by Gasteiger charge is 2.18. The third-order valence-corrected chi connectivity index (χ3v) is 3.63. The Labute approximate surface area is 113 Å². The van der Waals surface area contributed by atoms with Crippen molar-refractivity contribution in [3.8, 4) is 0 Å². The van der Waals surface area contributed by atoms with Crippen LogP contribution in [0.25, 0.3) is 0 Å². The summed E-state index contributed by atoms with van der Waals surface area (Å²) in [7, 11) is 0. The number of hydrogen-bond donors (Lipinski definition) is 2. The maximum atomic E-state index is 9.15. The lowest BCUT2D eigenvalue weighted by Gasteiger charge is -2.25. The Morgan fingerprint density at radius 2 is 2.44 bits per heavy atom. The van der Waals surface area contributed by atoms with Gasteiger partial charge in [-0.25, -0.2) is 4.98 Å². The molecule has 1 aromatic rings. The lowest BCUT2D eigenvalue weighted by Crippen LogP contribution is -2.38. The van der Waals surface area contributed by atoms with Crippen molar-refractivity contribution in [2.24, 2.45) is 0 Å². The van der Waals surface area contributed by atoms with Crippen molar-refractivity contribution in [2.75, 3.05) is 26.2 Å². The Morgan fingerprint density at radius 3 is 3.11 bits per heavy atom. The summed E-state index contributed by atoms with van der Waals surface area (Å²) in [4.78, 5) is 6.31. The molecule has 0 saturated carbocycles. The number of nitrogens with zero attached hydrogens (tertiary/aromatic N) is 2. The van der Waals surface area contributed by atoms with Crippen LogP contribution in [-0.4, -0.2) is 47.3 Å². The maximum absolute atomic E-state index is 9.15. The van der Waals surface area contributed by atoms with Crippen LogP contribution >= 0.6 is 11.6 Å². The number of aromatic nitrogens is 1. The van der Waals surface area contributed by atoms with Crippen molar-refractivity contribution in [3.05, 3.63) is 29.0 Å². The number of halogens is 1. The highest BCUT2D eigenvalue weighted by Crippen LogP contribution is 2.15. The molecule has 4 nitrogen and oxygen atoms in total. The van der Waals surface area contributed by atoms with Crippen molar-refractivity contribution in [2.45, 2.75) is 25.4 Å². The number of aliphatic hydroxyl groups is 1. The van der Waals surface area contributed by atoms with E-state index in [1.807, 2.05) is 12.1 Å². The molecule has 1 atom stereocenters. The Balaban J connectivity index is 1.94. The van der Waals surface area contributed by atoms with Gasteiger partial charge in [-0.1, -0.05) is 17.7 Å². The van der Waals surface area contributed by atoms with Gasteiger partial charge in [0.05, 0.1) is 6.61 Å². The van der Waals surface area contributed by atoms with E-state index in [9.17, 15) is 0 Å². The van der Waals surface area contributed by atoms with Crippen LogP contribution < -0.4 is 5.32 Å². The average Bonchev–Trinajstić information content (AvgIpc) is 2.85. The molecular weight excluding hydrogens is 250 g/mol. The van der Waals surface area contributed by atoms with Crippen LogP contribution in [0.4, 0.5) is 0 Å². The predicted molar refractivity (Wildman–Crippen MR) is 72.6 cm³/mol. The molecule has 0 amide bonds. The van der Waals surface area contributed by atoms with Crippen LogP contribution in [0.5, 0.6) is 0 Å². The van der Waals surface area contributed by atoms with E-state index in [-0.39, 0.29) is 6.61 Å². The molecule has 2 rings (SSSR count). The summed E-state index contributed by atoms with van der Waals surface area (Å²) >= 11 is 6.07. The zero-order chi connectivity index (χ0) is 12.8. The predicted octanol–water partition coefficient (Wildman–Crippen LogP) is 1.28. The van der Waals surface area contributed by atoms with Crippen LogP contribution in [0.3, 0.4) is 0 Å². The third-order valence-electron chi connectivity index (χ3n) is 3.29. The van der Waals surface area contributed by atoms with Crippen molar-refractivity contribution < 1.29 is 5.11 Å². The van der Waals surface area contributed by atoms with Crippen LogP contribution in [0.15, 0.2) is 18.3 Å². The quantitative estimate of drug-likeness (QED) is 0.764. The van der Waals surface area contributed by atoms with Crippen LogP contribution in [0.2, 0.25) is 5.15 Å². The van der Waals surface area contributed by atoms with Gasteiger partial charge in [0.25, 0.3) is 0 Å². The molecule has 0 bridgehead atoms. The van der Waals surface area contributed by atoms with Gasteiger partial charge >= 0.3 is 0 Å². The number of pyridine rings is 1. The highest BCUT2D eigenvalue weighted by atomic mass is 35.5. The second-order valence-electron chi connectivity index (χ2n) is 4.71. The number of hydrogen-bond acceptors (Lipinski definition) is 4. The Kier molecular flexibility index (Phi) is 5.38. The first-order valence-electron chi connectivity index (χ1n) is 6.45. The summed E-state index contributed by atoms with van der Waals surface area (Å²) in [5.41, 5.74) is 1.02. The molecule has 0 aromatic carbocycles. The third kappa shape index (κ3) is 3.92. The summed E-state index contributed by atoms with van der Waals surface area (Å²) in [5.74, 6) is 0. The maximum Gasteiger partial charge on any atom is 0.133 e. The van der Waals surface area contributed by atoms with Gasteiger partial charge < -0.3 is 10.4 Å². The molecule has 5 heteroatoms. The van der Waals surface area contributed by atoms with Crippen LogP contribution in [-0.2, 0) is 6.54 Å². The fraction of sp³-hybridized carbons (Fsp3) is 0.615. The SMILES string of the molecule is OCCN(Cc1cccnc1Cl)CC1CCCN1. The normalized spacial score (nSPS) is 19.6. The van der Waals surface area contributed by atoms with E-state index in [2.05, 4.69) is 15.2 Å². The van der Waals surface area contributed by atoms with Gasteiger partial charge in [0.1, 0.15) is 5.15 Å². The average molecular weight is 270 g/mol. The van der Waals surface area contributed by atoms with Gasteiger partial charge in [-0.05, 0) is 25.5 Å². The van der Waals surface area contributed by atoms with Crippen LogP contribution in [0.1, 0.15) is 18.4 Å². The Hall–Kier alpha value is -0.680. The molecule has 0 radical (unpaired) electrons. The Bertz CT molecular complexity index is 369. The van der Waals surface area contributed by atoms with E-state index in [0.717, 1.165) is 25.2 Å². The fourth-order valence-electron chi connectivity index (χ4n) is 2.38. The summed E-state index contributed by atoms with van der Waals surface area (Å²) in [6.45, 7) is 3.64. The van der Waals surface area contributed by atoms with Gasteiger partial charge in [-0.15, -0.1) is 0 Å². The van der Waals surface area contributed by atoms with Gasteiger partial charge in [-0.2, -0.15) is 0 Å². The van der Waals surface area contributed by atoms with Gasteiger partial charge in [0.15, 0.2) is 0 Å². The summed E-state index contributed by atoms with van der Waals surface area (Å²) in [6.07, 6.45) is 4.15. The zero-order valence-electron chi connectivity index (χ0n) is 10.5. The van der Waals surface area contributed by atoms with E-state index in [0.29, 0.717) is 17.7 Å². The first-order valence-corrected chi connectivity index (χ1v) is 6.83. The smallest absolute Gasteiger partial charge is 0.133 e. The minimum absolute atomic E-state index is 0.171. The van der Waals surface area contributed by atoms with E-state index in [4.69, 9.17) is 16.7 Å². The molecule has 1 aliphatic heterocycles. The molecule has 1 unspecified atom stereocenters. The molecule has 1 aromatic heterocycles. The first kappa shape index (κ1) is 13.7. The molecule has 0 aliphatic carbocycles. The first-order chi connectivity index (χ1) is 8.79. The molecule has 2 N–H and O–H groups in total. The summed E-state index contributed by atoms with van der Waals surface area (Å²) < 4.78 is 0. The Morgan fingerprint density at radius 1 is 1.56 bits per heavy atom. The van der Waals surface area contributed by atoms with Gasteiger partial charge in [-0.3, -0.25) is 4.90 Å². The molecule has 0 spiro atoms. The van der Waals surface area contributed by atoms with Crippen molar-refractivity contribution in [1.29, 1.82) is 0 Å². The molecule has 1 aliphatic rings. The summed E-state index contributed by atoms with van der Waals surface area (Å²) in [6, 6.07) is 4.42. The van der Waals surface area contributed by atoms with Crippen molar-refractivity contribution in [1.82, 2.24) is 15.2 Å². The fourth-order valence-corrected chi connectivity index (χ4v) is 2.56. The molecule has 100 valence electrons. The monoisotopic (exact) mass is 269 g/mol. The minimum atomic E-state index is 0.171. The van der Waals surface area contributed by atoms with Crippen LogP contribution in [0, 0.1) is 0 Å². The highest BCUT2D eigenvalue weighted by molar-refractivity contribution is 6.30. The second kappa shape index (κ2) is 7.04. The lowest BCUT2D eigenvalue weighted by molar-refractivity contribution is 0.179. The molecular formula is C13H20ClN3O. The van der Waals surface area contributed by atoms with Gasteiger partial charge in [0, 0.05) is 37.4 Å². The largest absolute Gasteiger partial charge is 0.395 e. The minimum Gasteiger partial charge on any atom is -0.395 e. The summed E-state index contributed by atoms with van der Waals surface area (Å²) in [5, 5.41) is 13.2.